The van der Waals surface area contributed by atoms with Crippen molar-refractivity contribution in [1.29, 1.82) is 0 Å². The summed E-state index contributed by atoms with van der Waals surface area (Å²) in [4.78, 5) is 16.1. The number of carbonyl (C=O) groups is 1. The van der Waals surface area contributed by atoms with Gasteiger partial charge in [-0.1, -0.05) is 12.1 Å². The minimum absolute atomic E-state index is 0.166. The molecule has 1 N–H and O–H groups in total. The fraction of sp³-hybridized carbons (Fsp3) is 0.0667. The molecule has 0 bridgehead atoms. The molecule has 0 saturated heterocycles. The van der Waals surface area contributed by atoms with Gasteiger partial charge in [0.25, 0.3) is 0 Å². The Morgan fingerprint density at radius 3 is 3.00 bits per heavy atom. The summed E-state index contributed by atoms with van der Waals surface area (Å²) in [6, 6.07) is 11.5. The SMILES string of the molecule is O=C(/C=C\c1ccco1)NCc1nc2ccccc2s1. The van der Waals surface area contributed by atoms with Gasteiger partial charge in [-0.05, 0) is 30.3 Å². The molecule has 1 aromatic carbocycles. The van der Waals surface area contributed by atoms with Crippen LogP contribution in [0.5, 0.6) is 0 Å². The van der Waals surface area contributed by atoms with Crippen LogP contribution in [0.3, 0.4) is 0 Å². The van der Waals surface area contributed by atoms with Crippen molar-refractivity contribution in [2.45, 2.75) is 6.54 Å². The zero-order valence-electron chi connectivity index (χ0n) is 10.6. The van der Waals surface area contributed by atoms with E-state index in [1.54, 1.807) is 35.8 Å². The first-order valence-corrected chi connectivity index (χ1v) is 6.97. The molecule has 0 unspecified atom stereocenters. The molecule has 0 radical (unpaired) electrons. The highest BCUT2D eigenvalue weighted by molar-refractivity contribution is 7.18. The maximum atomic E-state index is 11.7. The Balaban J connectivity index is 1.60. The van der Waals surface area contributed by atoms with Crippen molar-refractivity contribution in [3.05, 3.63) is 59.5 Å². The number of para-hydroxylation sites is 1. The lowest BCUT2D eigenvalue weighted by atomic mass is 10.3. The lowest BCUT2D eigenvalue weighted by molar-refractivity contribution is -0.116. The first kappa shape index (κ1) is 12.6. The van der Waals surface area contributed by atoms with Crippen LogP contribution in [0.25, 0.3) is 16.3 Å². The second-order valence-corrected chi connectivity index (χ2v) is 5.26. The van der Waals surface area contributed by atoms with Crippen molar-refractivity contribution in [1.82, 2.24) is 10.3 Å². The van der Waals surface area contributed by atoms with Gasteiger partial charge >= 0.3 is 0 Å². The van der Waals surface area contributed by atoms with Gasteiger partial charge in [-0.25, -0.2) is 4.98 Å². The number of benzene rings is 1. The van der Waals surface area contributed by atoms with Crippen molar-refractivity contribution in [3.63, 3.8) is 0 Å². The molecular formula is C15H12N2O2S. The molecule has 5 heteroatoms. The smallest absolute Gasteiger partial charge is 0.244 e. The van der Waals surface area contributed by atoms with E-state index in [9.17, 15) is 4.79 Å². The lowest BCUT2D eigenvalue weighted by Crippen LogP contribution is -2.19. The summed E-state index contributed by atoms with van der Waals surface area (Å²) in [7, 11) is 0. The van der Waals surface area contributed by atoms with Crippen LogP contribution in [0, 0.1) is 0 Å². The molecule has 2 aromatic heterocycles. The molecule has 0 spiro atoms. The summed E-state index contributed by atoms with van der Waals surface area (Å²) in [5.41, 5.74) is 0.966. The molecule has 4 nitrogen and oxygen atoms in total. The Morgan fingerprint density at radius 2 is 2.20 bits per heavy atom. The molecule has 3 aromatic rings. The van der Waals surface area contributed by atoms with Gasteiger partial charge in [-0.15, -0.1) is 11.3 Å². The zero-order valence-corrected chi connectivity index (χ0v) is 11.4. The monoisotopic (exact) mass is 284 g/mol. The van der Waals surface area contributed by atoms with E-state index in [0.717, 1.165) is 15.2 Å². The predicted octanol–water partition coefficient (Wildman–Crippen LogP) is 3.22. The van der Waals surface area contributed by atoms with Crippen LogP contribution in [0.2, 0.25) is 0 Å². The zero-order chi connectivity index (χ0) is 13.8. The number of furan rings is 1. The summed E-state index contributed by atoms with van der Waals surface area (Å²) < 4.78 is 6.24. The van der Waals surface area contributed by atoms with Gasteiger partial charge in [0.2, 0.25) is 5.91 Å². The first-order valence-electron chi connectivity index (χ1n) is 6.15. The number of hydrogen-bond acceptors (Lipinski definition) is 4. The van der Waals surface area contributed by atoms with E-state index in [4.69, 9.17) is 4.42 Å². The summed E-state index contributed by atoms with van der Waals surface area (Å²) in [6.07, 6.45) is 4.65. The summed E-state index contributed by atoms with van der Waals surface area (Å²) >= 11 is 1.59. The van der Waals surface area contributed by atoms with Crippen molar-refractivity contribution < 1.29 is 9.21 Å². The Kier molecular flexibility index (Phi) is 3.60. The number of aromatic nitrogens is 1. The van der Waals surface area contributed by atoms with E-state index in [1.807, 2.05) is 24.3 Å². The Hall–Kier alpha value is -2.40. The molecule has 0 saturated carbocycles. The molecule has 0 aliphatic heterocycles. The Morgan fingerprint density at radius 1 is 1.30 bits per heavy atom. The van der Waals surface area contributed by atoms with E-state index in [0.29, 0.717) is 12.3 Å². The van der Waals surface area contributed by atoms with Crippen LogP contribution in [-0.2, 0) is 11.3 Å². The molecular weight excluding hydrogens is 272 g/mol. The van der Waals surface area contributed by atoms with Crippen molar-refractivity contribution in [2.24, 2.45) is 0 Å². The number of carbonyl (C=O) groups excluding carboxylic acids is 1. The molecule has 0 fully saturated rings. The third-order valence-corrected chi connectivity index (χ3v) is 3.73. The Bertz CT molecular complexity index is 711. The van der Waals surface area contributed by atoms with Crippen molar-refractivity contribution >= 4 is 33.5 Å². The van der Waals surface area contributed by atoms with Gasteiger partial charge in [0, 0.05) is 6.08 Å². The quantitative estimate of drug-likeness (QED) is 0.748. The molecule has 1 amide bonds. The van der Waals surface area contributed by atoms with Crippen molar-refractivity contribution in [2.75, 3.05) is 0 Å². The average Bonchev–Trinajstić information content (AvgIpc) is 3.11. The molecule has 100 valence electrons. The fourth-order valence-electron chi connectivity index (χ4n) is 1.76. The largest absolute Gasteiger partial charge is 0.465 e. The third kappa shape index (κ3) is 2.95. The minimum Gasteiger partial charge on any atom is -0.465 e. The molecule has 0 atom stereocenters. The van der Waals surface area contributed by atoms with Gasteiger partial charge in [0.05, 0.1) is 23.0 Å². The maximum absolute atomic E-state index is 11.7. The van der Waals surface area contributed by atoms with Crippen LogP contribution in [0.1, 0.15) is 10.8 Å². The minimum atomic E-state index is -0.166. The molecule has 3 rings (SSSR count). The molecule has 20 heavy (non-hydrogen) atoms. The second-order valence-electron chi connectivity index (χ2n) is 4.14. The highest BCUT2D eigenvalue weighted by atomic mass is 32.1. The number of rotatable bonds is 4. The number of hydrogen-bond donors (Lipinski definition) is 1. The van der Waals surface area contributed by atoms with E-state index in [2.05, 4.69) is 10.3 Å². The second kappa shape index (κ2) is 5.71. The van der Waals surface area contributed by atoms with Crippen LogP contribution in [0.15, 0.2) is 53.2 Å². The molecule has 0 aliphatic carbocycles. The number of amides is 1. The van der Waals surface area contributed by atoms with E-state index < -0.39 is 0 Å². The number of fused-ring (bicyclic) bond motifs is 1. The topological polar surface area (TPSA) is 55.1 Å². The first-order chi connectivity index (χ1) is 9.81. The van der Waals surface area contributed by atoms with E-state index in [1.165, 1.54) is 6.08 Å². The standard InChI is InChI=1S/C15H12N2O2S/c18-14(8-7-11-4-3-9-19-11)16-10-15-17-12-5-1-2-6-13(12)20-15/h1-9H,10H2,(H,16,18)/b8-7-. The summed E-state index contributed by atoms with van der Waals surface area (Å²) in [5, 5.41) is 3.70. The van der Waals surface area contributed by atoms with Crippen molar-refractivity contribution in [3.8, 4) is 0 Å². The normalized spacial score (nSPS) is 11.2. The lowest BCUT2D eigenvalue weighted by Gasteiger charge is -1.97. The fourth-order valence-corrected chi connectivity index (χ4v) is 2.67. The highest BCUT2D eigenvalue weighted by Crippen LogP contribution is 2.21. The van der Waals surface area contributed by atoms with E-state index >= 15 is 0 Å². The van der Waals surface area contributed by atoms with Gasteiger partial charge in [0.1, 0.15) is 10.8 Å². The average molecular weight is 284 g/mol. The summed E-state index contributed by atoms with van der Waals surface area (Å²) in [5.74, 6) is 0.487. The third-order valence-electron chi connectivity index (χ3n) is 2.69. The van der Waals surface area contributed by atoms with Crippen LogP contribution in [0.4, 0.5) is 0 Å². The van der Waals surface area contributed by atoms with Gasteiger partial charge in [-0.2, -0.15) is 0 Å². The number of nitrogens with one attached hydrogen (secondary N) is 1. The van der Waals surface area contributed by atoms with Gasteiger partial charge < -0.3 is 9.73 Å². The number of thiazole rings is 1. The number of nitrogens with zero attached hydrogens (tertiary/aromatic N) is 1. The highest BCUT2D eigenvalue weighted by Gasteiger charge is 2.04. The van der Waals surface area contributed by atoms with Gasteiger partial charge in [-0.3, -0.25) is 4.79 Å². The predicted molar refractivity (Wildman–Crippen MR) is 79.2 cm³/mol. The molecule has 2 heterocycles. The molecule has 0 aliphatic rings. The summed E-state index contributed by atoms with van der Waals surface area (Å²) in [6.45, 7) is 0.431. The van der Waals surface area contributed by atoms with Crippen LogP contribution >= 0.6 is 11.3 Å². The van der Waals surface area contributed by atoms with Gasteiger partial charge in [0.15, 0.2) is 0 Å². The maximum Gasteiger partial charge on any atom is 0.244 e. The van der Waals surface area contributed by atoms with E-state index in [-0.39, 0.29) is 5.91 Å². The Labute approximate surface area is 119 Å². The van der Waals surface area contributed by atoms with Crippen LogP contribution in [-0.4, -0.2) is 10.9 Å². The van der Waals surface area contributed by atoms with Crippen LogP contribution < -0.4 is 5.32 Å².